The van der Waals surface area contributed by atoms with Crippen molar-refractivity contribution >= 4 is 35.3 Å². The Labute approximate surface area is 165 Å². The molecule has 0 saturated heterocycles. The molecule has 3 rings (SSSR count). The van der Waals surface area contributed by atoms with Crippen LogP contribution in [-0.4, -0.2) is 18.0 Å². The maximum absolute atomic E-state index is 13.5. The fraction of sp³-hybridized carbons (Fsp3) is 0. The third kappa shape index (κ3) is 5.02. The fourth-order valence-corrected chi connectivity index (χ4v) is 2.44. The van der Waals surface area contributed by atoms with E-state index in [4.69, 9.17) is 11.6 Å². The highest BCUT2D eigenvalue weighted by Gasteiger charge is 2.08. The summed E-state index contributed by atoms with van der Waals surface area (Å²) in [5.41, 5.74) is 3.94. The van der Waals surface area contributed by atoms with Gasteiger partial charge in [-0.2, -0.15) is 5.10 Å². The molecule has 0 aliphatic rings. The average molecular weight is 396 g/mol. The Hall–Kier alpha value is -3.51. The van der Waals surface area contributed by atoms with Crippen LogP contribution in [0.2, 0.25) is 5.02 Å². The molecular formula is C21H15ClFN3O2. The Balaban J connectivity index is 1.59. The van der Waals surface area contributed by atoms with E-state index >= 15 is 0 Å². The second-order valence-corrected chi connectivity index (χ2v) is 6.20. The molecule has 0 aromatic heterocycles. The molecule has 0 fully saturated rings. The van der Waals surface area contributed by atoms with Crippen LogP contribution in [0.15, 0.2) is 77.9 Å². The molecule has 0 spiro atoms. The summed E-state index contributed by atoms with van der Waals surface area (Å²) in [4.78, 5) is 24.3. The van der Waals surface area contributed by atoms with Crippen LogP contribution in [-0.2, 0) is 0 Å². The van der Waals surface area contributed by atoms with Crippen molar-refractivity contribution in [2.45, 2.75) is 0 Å². The number of benzene rings is 3. The maximum atomic E-state index is 13.5. The minimum Gasteiger partial charge on any atom is -0.322 e. The lowest BCUT2D eigenvalue weighted by Gasteiger charge is -2.06. The lowest BCUT2D eigenvalue weighted by Crippen LogP contribution is -2.18. The Morgan fingerprint density at radius 3 is 2.14 bits per heavy atom. The normalized spacial score (nSPS) is 10.6. The monoisotopic (exact) mass is 395 g/mol. The van der Waals surface area contributed by atoms with Gasteiger partial charge in [-0.3, -0.25) is 9.59 Å². The van der Waals surface area contributed by atoms with E-state index in [2.05, 4.69) is 15.8 Å². The van der Waals surface area contributed by atoms with Gasteiger partial charge in [0.05, 0.1) is 6.21 Å². The van der Waals surface area contributed by atoms with E-state index in [-0.39, 0.29) is 11.5 Å². The lowest BCUT2D eigenvalue weighted by atomic mass is 10.1. The number of anilines is 1. The van der Waals surface area contributed by atoms with Crippen molar-refractivity contribution < 1.29 is 14.0 Å². The number of nitrogens with zero attached hydrogens (tertiary/aromatic N) is 1. The molecule has 0 aliphatic heterocycles. The molecule has 28 heavy (non-hydrogen) atoms. The van der Waals surface area contributed by atoms with E-state index in [0.717, 1.165) is 0 Å². The first-order chi connectivity index (χ1) is 13.5. The van der Waals surface area contributed by atoms with Gasteiger partial charge in [0.2, 0.25) is 0 Å². The molecule has 0 saturated carbocycles. The van der Waals surface area contributed by atoms with Crippen LogP contribution >= 0.6 is 11.6 Å². The van der Waals surface area contributed by atoms with Gasteiger partial charge in [-0.25, -0.2) is 9.82 Å². The number of carbonyl (C=O) groups excluding carboxylic acids is 2. The summed E-state index contributed by atoms with van der Waals surface area (Å²) in [6.45, 7) is 0. The number of halogens is 2. The number of carbonyl (C=O) groups is 2. The molecule has 7 heteroatoms. The van der Waals surface area contributed by atoms with Crippen molar-refractivity contribution in [3.63, 3.8) is 0 Å². The van der Waals surface area contributed by atoms with Gasteiger partial charge in [0, 0.05) is 27.4 Å². The highest BCUT2D eigenvalue weighted by molar-refractivity contribution is 6.30. The van der Waals surface area contributed by atoms with Gasteiger partial charge >= 0.3 is 0 Å². The van der Waals surface area contributed by atoms with E-state index in [1.807, 2.05) is 0 Å². The molecule has 0 heterocycles. The van der Waals surface area contributed by atoms with Gasteiger partial charge in [-0.15, -0.1) is 0 Å². The van der Waals surface area contributed by atoms with Gasteiger partial charge in [0.15, 0.2) is 0 Å². The zero-order chi connectivity index (χ0) is 19.9. The number of hydrazone groups is 1. The zero-order valence-corrected chi connectivity index (χ0v) is 15.3. The van der Waals surface area contributed by atoms with Crippen LogP contribution in [0.25, 0.3) is 0 Å². The average Bonchev–Trinajstić information content (AvgIpc) is 2.70. The minimum absolute atomic E-state index is 0.267. The van der Waals surface area contributed by atoms with Gasteiger partial charge in [0.1, 0.15) is 5.82 Å². The third-order valence-electron chi connectivity index (χ3n) is 3.79. The van der Waals surface area contributed by atoms with Gasteiger partial charge in [-0.05, 0) is 54.6 Å². The van der Waals surface area contributed by atoms with Crippen LogP contribution in [0, 0.1) is 5.82 Å². The molecule has 0 aliphatic carbocycles. The Morgan fingerprint density at radius 2 is 1.46 bits per heavy atom. The summed E-state index contributed by atoms with van der Waals surface area (Å²) in [5.74, 6) is -1.17. The zero-order valence-electron chi connectivity index (χ0n) is 14.5. The van der Waals surface area contributed by atoms with Crippen LogP contribution in [0.4, 0.5) is 10.1 Å². The van der Waals surface area contributed by atoms with Crippen LogP contribution in [0.3, 0.4) is 0 Å². The molecule has 0 unspecified atom stereocenters. The molecule has 2 amide bonds. The topological polar surface area (TPSA) is 70.6 Å². The molecule has 5 nitrogen and oxygen atoms in total. The van der Waals surface area contributed by atoms with Crippen molar-refractivity contribution in [2.75, 3.05) is 5.32 Å². The number of amides is 2. The van der Waals surface area contributed by atoms with E-state index in [9.17, 15) is 14.0 Å². The van der Waals surface area contributed by atoms with Crippen molar-refractivity contribution in [3.05, 3.63) is 100 Å². The molecule has 140 valence electrons. The summed E-state index contributed by atoms with van der Waals surface area (Å²) in [5, 5.41) is 7.03. The second-order valence-electron chi connectivity index (χ2n) is 5.76. The SMILES string of the molecule is O=C(N/N=C/c1ccccc1F)c1ccc(NC(=O)c2ccc(Cl)cc2)cc1. The van der Waals surface area contributed by atoms with Crippen molar-refractivity contribution in [1.29, 1.82) is 0 Å². The predicted octanol–water partition coefficient (Wildman–Crippen LogP) is 4.50. The van der Waals surface area contributed by atoms with Crippen molar-refractivity contribution in [3.8, 4) is 0 Å². The molecule has 0 bridgehead atoms. The molecule has 0 radical (unpaired) electrons. The first-order valence-electron chi connectivity index (χ1n) is 8.28. The standard InChI is InChI=1S/C21H15ClFN3O2/c22-17-9-5-14(6-10-17)20(27)25-18-11-7-15(8-12-18)21(28)26-24-13-16-3-1-2-4-19(16)23/h1-13H,(H,25,27)(H,26,28)/b24-13+. The fourth-order valence-electron chi connectivity index (χ4n) is 2.31. The first kappa shape index (κ1) is 19.3. The first-order valence-corrected chi connectivity index (χ1v) is 8.65. The molecule has 3 aromatic carbocycles. The van der Waals surface area contributed by atoms with Gasteiger partial charge in [-0.1, -0.05) is 29.8 Å². The maximum Gasteiger partial charge on any atom is 0.271 e. The Kier molecular flexibility index (Phi) is 6.14. The number of rotatable bonds is 5. The Morgan fingerprint density at radius 1 is 0.857 bits per heavy atom. The Bertz CT molecular complexity index is 1020. The predicted molar refractivity (Wildman–Crippen MR) is 107 cm³/mol. The van der Waals surface area contributed by atoms with Crippen LogP contribution in [0.5, 0.6) is 0 Å². The quantitative estimate of drug-likeness (QED) is 0.493. The summed E-state index contributed by atoms with van der Waals surface area (Å²) >= 11 is 5.80. The second kappa shape index (κ2) is 8.92. The summed E-state index contributed by atoms with van der Waals surface area (Å²) < 4.78 is 13.5. The van der Waals surface area contributed by atoms with Gasteiger partial charge < -0.3 is 5.32 Å². The van der Waals surface area contributed by atoms with E-state index < -0.39 is 11.7 Å². The lowest BCUT2D eigenvalue weighted by molar-refractivity contribution is 0.0954. The summed E-state index contributed by atoms with van der Waals surface area (Å²) in [6.07, 6.45) is 1.23. The third-order valence-corrected chi connectivity index (χ3v) is 4.04. The number of hydrogen-bond acceptors (Lipinski definition) is 3. The van der Waals surface area contributed by atoms with Gasteiger partial charge in [0.25, 0.3) is 11.8 Å². The molecular weight excluding hydrogens is 381 g/mol. The van der Waals surface area contributed by atoms with E-state index in [1.54, 1.807) is 66.7 Å². The highest BCUT2D eigenvalue weighted by atomic mass is 35.5. The smallest absolute Gasteiger partial charge is 0.271 e. The summed E-state index contributed by atoms with van der Waals surface area (Å²) in [7, 11) is 0. The summed E-state index contributed by atoms with van der Waals surface area (Å²) in [6, 6.07) is 18.9. The van der Waals surface area contributed by atoms with Crippen LogP contribution in [0.1, 0.15) is 26.3 Å². The van der Waals surface area contributed by atoms with E-state index in [1.165, 1.54) is 12.3 Å². The number of nitrogens with one attached hydrogen (secondary N) is 2. The highest BCUT2D eigenvalue weighted by Crippen LogP contribution is 2.14. The van der Waals surface area contributed by atoms with E-state index in [0.29, 0.717) is 21.8 Å². The molecule has 2 N–H and O–H groups in total. The van der Waals surface area contributed by atoms with Crippen molar-refractivity contribution in [2.24, 2.45) is 5.10 Å². The minimum atomic E-state index is -0.455. The van der Waals surface area contributed by atoms with Crippen LogP contribution < -0.4 is 10.7 Å². The molecule has 0 atom stereocenters. The molecule has 3 aromatic rings. The number of hydrogen-bond donors (Lipinski definition) is 2. The van der Waals surface area contributed by atoms with Crippen molar-refractivity contribution in [1.82, 2.24) is 5.43 Å². The largest absolute Gasteiger partial charge is 0.322 e.